The van der Waals surface area contributed by atoms with E-state index in [1.807, 2.05) is 0 Å². The van der Waals surface area contributed by atoms with Gasteiger partial charge < -0.3 is 20.1 Å². The van der Waals surface area contributed by atoms with E-state index in [4.69, 9.17) is 10.3 Å². The zero-order valence-electron chi connectivity index (χ0n) is 21.7. The van der Waals surface area contributed by atoms with Crippen LogP contribution in [0.4, 0.5) is 9.18 Å². The molecule has 1 unspecified atom stereocenters. The fourth-order valence-electron chi connectivity index (χ4n) is 4.44. The molecule has 10 nitrogen and oxygen atoms in total. The molecule has 208 valence electrons. The maximum Gasteiger partial charge on any atom is 0.407 e. The number of amides is 1. The molecule has 0 fully saturated rings. The van der Waals surface area contributed by atoms with Crippen LogP contribution in [0.2, 0.25) is 0 Å². The Morgan fingerprint density at radius 3 is 2.45 bits per heavy atom. The molecule has 4 aromatic rings. The van der Waals surface area contributed by atoms with E-state index in [0.717, 1.165) is 23.4 Å². The summed E-state index contributed by atoms with van der Waals surface area (Å²) in [6.07, 6.45) is 0.328. The molecule has 12 heteroatoms. The van der Waals surface area contributed by atoms with Gasteiger partial charge in [0.25, 0.3) is 0 Å². The molecule has 0 radical (unpaired) electrons. The Morgan fingerprint density at radius 2 is 1.82 bits per heavy atom. The van der Waals surface area contributed by atoms with Crippen LogP contribution in [0.1, 0.15) is 45.7 Å². The van der Waals surface area contributed by atoms with E-state index >= 15 is 0 Å². The molecule has 0 aliphatic rings. The number of aromatic nitrogens is 1. The van der Waals surface area contributed by atoms with Gasteiger partial charge in [-0.2, -0.15) is 5.11 Å². The highest BCUT2D eigenvalue weighted by Gasteiger charge is 2.23. The first-order chi connectivity index (χ1) is 19.0. The minimum atomic E-state index is -3.47. The lowest BCUT2D eigenvalue weighted by molar-refractivity contribution is 0.0692. The molecular formula is C28H27FN4O6S. The van der Waals surface area contributed by atoms with Crippen LogP contribution in [0.5, 0.6) is 0 Å². The zero-order chi connectivity index (χ0) is 29.0. The number of aromatic carboxylic acids is 1. The Hall–Kier alpha value is -4.58. The van der Waals surface area contributed by atoms with Crippen LogP contribution in [0.15, 0.2) is 65.8 Å². The van der Waals surface area contributed by atoms with Gasteiger partial charge in [0.15, 0.2) is 9.84 Å². The molecule has 0 aliphatic heterocycles. The van der Waals surface area contributed by atoms with E-state index < -0.39 is 39.5 Å². The van der Waals surface area contributed by atoms with E-state index in [2.05, 4.69) is 15.4 Å². The predicted molar refractivity (Wildman–Crippen MR) is 146 cm³/mol. The first-order valence-electron chi connectivity index (χ1n) is 12.2. The van der Waals surface area contributed by atoms with E-state index in [0.29, 0.717) is 16.5 Å². The first kappa shape index (κ1) is 28.4. The second kappa shape index (κ2) is 11.7. The number of nitrogens with one attached hydrogen (secondary N) is 3. The largest absolute Gasteiger partial charge is 0.477 e. The van der Waals surface area contributed by atoms with Crippen LogP contribution in [0.25, 0.3) is 22.0 Å². The monoisotopic (exact) mass is 566 g/mol. The molecule has 0 bridgehead atoms. The van der Waals surface area contributed by atoms with Crippen molar-refractivity contribution in [2.45, 2.75) is 31.9 Å². The molecule has 0 aliphatic carbocycles. The molecule has 4 rings (SSSR count). The van der Waals surface area contributed by atoms with E-state index in [-0.39, 0.29) is 35.5 Å². The number of ether oxygens (including phenoxy) is 1. The summed E-state index contributed by atoms with van der Waals surface area (Å²) in [6, 6.07) is 15.6. The molecule has 40 heavy (non-hydrogen) atoms. The third-order valence-corrected chi connectivity index (χ3v) is 7.13. The Bertz CT molecular complexity index is 1700. The normalized spacial score (nSPS) is 12.2. The number of hydrogen-bond acceptors (Lipinski definition) is 7. The van der Waals surface area contributed by atoms with Crippen LogP contribution < -0.4 is 5.32 Å². The fraction of sp³-hybridized carbons (Fsp3) is 0.214. The van der Waals surface area contributed by atoms with Crippen LogP contribution in [-0.4, -0.2) is 36.8 Å². The first-order valence-corrected chi connectivity index (χ1v) is 14.2. The van der Waals surface area contributed by atoms with Gasteiger partial charge in [-0.05, 0) is 35.2 Å². The number of aromatic amines is 1. The van der Waals surface area contributed by atoms with Crippen LogP contribution >= 0.6 is 0 Å². The summed E-state index contributed by atoms with van der Waals surface area (Å²) < 4.78 is 43.4. The van der Waals surface area contributed by atoms with Gasteiger partial charge in [-0.15, -0.1) is 0 Å². The van der Waals surface area contributed by atoms with Gasteiger partial charge in [0, 0.05) is 22.8 Å². The zero-order valence-corrected chi connectivity index (χ0v) is 22.5. The van der Waals surface area contributed by atoms with E-state index in [1.165, 1.54) is 12.1 Å². The minimum Gasteiger partial charge on any atom is -0.477 e. The molecule has 3 aromatic carbocycles. The highest BCUT2D eigenvalue weighted by atomic mass is 32.2. The fourth-order valence-corrected chi connectivity index (χ4v) is 5.24. The number of nitrogens with zero attached hydrogens (tertiary/aromatic N) is 1. The number of fused-ring (bicyclic) bond motifs is 1. The van der Waals surface area contributed by atoms with Crippen LogP contribution in [-0.2, 0) is 33.5 Å². The van der Waals surface area contributed by atoms with Crippen molar-refractivity contribution in [2.24, 2.45) is 5.11 Å². The third kappa shape index (κ3) is 6.52. The number of alkyl carbamates (subject to hydrolysis) is 1. The second-order valence-corrected chi connectivity index (χ2v) is 11.5. The summed E-state index contributed by atoms with van der Waals surface area (Å²) in [6.45, 7) is 2.02. The summed E-state index contributed by atoms with van der Waals surface area (Å²) in [5, 5.41) is 16.5. The van der Waals surface area contributed by atoms with Gasteiger partial charge >= 0.3 is 12.1 Å². The summed E-state index contributed by atoms with van der Waals surface area (Å²) in [7, 11) is -3.47. The van der Waals surface area contributed by atoms with Crippen molar-refractivity contribution in [3.05, 3.63) is 94.4 Å². The van der Waals surface area contributed by atoms with Crippen molar-refractivity contribution in [3.63, 3.8) is 0 Å². The average Bonchev–Trinajstić information content (AvgIpc) is 3.29. The Balaban J connectivity index is 1.59. The topological polar surface area (TPSA) is 162 Å². The van der Waals surface area contributed by atoms with Gasteiger partial charge in [0.05, 0.1) is 23.9 Å². The lowest BCUT2D eigenvalue weighted by Crippen LogP contribution is -2.27. The molecule has 1 heterocycles. The van der Waals surface area contributed by atoms with Gasteiger partial charge in [0.2, 0.25) is 0 Å². The predicted octanol–water partition coefficient (Wildman–Crippen LogP) is 5.74. The van der Waals surface area contributed by atoms with Crippen molar-refractivity contribution < 1.29 is 32.2 Å². The van der Waals surface area contributed by atoms with Crippen molar-refractivity contribution >= 4 is 32.8 Å². The number of carbonyl (C=O) groups excluding carboxylic acids is 1. The molecule has 1 aromatic heterocycles. The summed E-state index contributed by atoms with van der Waals surface area (Å²) in [5.74, 6) is -2.50. The lowest BCUT2D eigenvalue weighted by atomic mass is 9.98. The maximum atomic E-state index is 14.8. The average molecular weight is 567 g/mol. The molecular weight excluding hydrogens is 539 g/mol. The standard InChI is InChI=1S/C28H27FN4O6S/c1-16(32-28(36)39-14-18-8-6-17(7-9-18)13-31-30)21-4-3-5-22-24(26(27(34)35)33-25(21)22)19-10-11-20(23(29)12-19)15-40(2,37)38/h3-12,16,30,33H,13-15H2,1-2H3,(H,32,36)(H,34,35). The molecule has 1 amide bonds. The molecule has 1 atom stereocenters. The quantitative estimate of drug-likeness (QED) is 0.179. The van der Waals surface area contributed by atoms with E-state index in [1.54, 1.807) is 49.4 Å². The van der Waals surface area contributed by atoms with Crippen molar-refractivity contribution in [3.8, 4) is 11.1 Å². The number of para-hydroxylation sites is 1. The number of sulfone groups is 1. The Morgan fingerprint density at radius 1 is 1.12 bits per heavy atom. The summed E-state index contributed by atoms with van der Waals surface area (Å²) >= 11 is 0. The molecule has 0 saturated heterocycles. The van der Waals surface area contributed by atoms with Gasteiger partial charge in [-0.25, -0.2) is 27.9 Å². The SMILES string of the molecule is CC(NC(=O)OCc1ccc(CN=N)cc1)c1cccc2c(-c3ccc(CS(C)(=O)=O)c(F)c3)c(C(=O)O)[nH]c12. The van der Waals surface area contributed by atoms with Gasteiger partial charge in [0.1, 0.15) is 18.1 Å². The Labute approximate surface area is 229 Å². The van der Waals surface area contributed by atoms with Gasteiger partial charge in [-0.3, -0.25) is 0 Å². The number of carbonyl (C=O) groups is 2. The van der Waals surface area contributed by atoms with Crippen molar-refractivity contribution in [1.82, 2.24) is 10.3 Å². The highest BCUT2D eigenvalue weighted by Crippen LogP contribution is 2.36. The molecule has 4 N–H and O–H groups in total. The van der Waals surface area contributed by atoms with Crippen molar-refractivity contribution in [1.29, 1.82) is 5.53 Å². The number of halogens is 1. The number of carboxylic acids is 1. The Kier molecular flexibility index (Phi) is 8.29. The van der Waals surface area contributed by atoms with Crippen LogP contribution in [0.3, 0.4) is 0 Å². The molecule has 0 saturated carbocycles. The summed E-state index contributed by atoms with van der Waals surface area (Å²) in [5.41, 5.74) is 9.89. The van der Waals surface area contributed by atoms with Crippen LogP contribution in [0, 0.1) is 11.3 Å². The number of hydrogen-bond donors (Lipinski definition) is 4. The molecule has 0 spiro atoms. The minimum absolute atomic E-state index is 0.0145. The lowest BCUT2D eigenvalue weighted by Gasteiger charge is -2.15. The number of benzene rings is 3. The number of rotatable bonds is 10. The number of carboxylic acid groups (broad SMARTS) is 1. The van der Waals surface area contributed by atoms with Crippen molar-refractivity contribution in [2.75, 3.05) is 6.26 Å². The summed E-state index contributed by atoms with van der Waals surface area (Å²) in [4.78, 5) is 27.5. The van der Waals surface area contributed by atoms with Gasteiger partial charge in [-0.1, -0.05) is 54.6 Å². The highest BCUT2D eigenvalue weighted by molar-refractivity contribution is 7.89. The number of H-pyrrole nitrogens is 1. The van der Waals surface area contributed by atoms with E-state index in [9.17, 15) is 27.5 Å². The third-order valence-electron chi connectivity index (χ3n) is 6.29. The second-order valence-electron chi connectivity index (χ2n) is 9.40. The maximum absolute atomic E-state index is 14.8. The smallest absolute Gasteiger partial charge is 0.407 e.